The van der Waals surface area contributed by atoms with Crippen LogP contribution in [0.1, 0.15) is 11.1 Å². The van der Waals surface area contributed by atoms with Crippen LogP contribution in [0.25, 0.3) is 0 Å². The maximum Gasteiger partial charge on any atom is 0.118 e. The minimum atomic E-state index is 0.666. The van der Waals surface area contributed by atoms with Gasteiger partial charge in [0.15, 0.2) is 0 Å². The van der Waals surface area contributed by atoms with E-state index in [-0.39, 0.29) is 0 Å². The van der Waals surface area contributed by atoms with Gasteiger partial charge in [0.1, 0.15) is 5.75 Å². The second-order valence-corrected chi connectivity index (χ2v) is 3.60. The van der Waals surface area contributed by atoms with Crippen molar-refractivity contribution in [3.8, 4) is 5.75 Å². The zero-order chi connectivity index (χ0) is 11.9. The van der Waals surface area contributed by atoms with E-state index in [1.807, 2.05) is 42.6 Å². The van der Waals surface area contributed by atoms with Crippen molar-refractivity contribution in [1.82, 2.24) is 4.98 Å². The van der Waals surface area contributed by atoms with E-state index in [0.717, 1.165) is 16.9 Å². The highest BCUT2D eigenvalue weighted by atomic mass is 16.5. The zero-order valence-corrected chi connectivity index (χ0v) is 9.71. The van der Waals surface area contributed by atoms with Gasteiger partial charge in [-0.15, -0.1) is 0 Å². The number of benzene rings is 1. The maximum atomic E-state index is 5.10. The Morgan fingerprint density at radius 1 is 1.24 bits per heavy atom. The van der Waals surface area contributed by atoms with Gasteiger partial charge in [0, 0.05) is 24.2 Å². The van der Waals surface area contributed by atoms with Gasteiger partial charge in [0.05, 0.1) is 13.7 Å². The molecule has 1 aromatic heterocycles. The smallest absolute Gasteiger partial charge is 0.118 e. The fraction of sp³-hybridized carbons (Fsp3) is 0.143. The summed E-state index contributed by atoms with van der Waals surface area (Å²) < 4.78 is 5.10. The fourth-order valence-corrected chi connectivity index (χ4v) is 1.44. The number of ether oxygens (including phenoxy) is 1. The second kappa shape index (κ2) is 5.80. The first kappa shape index (κ1) is 11.3. The number of hydrogen-bond donors (Lipinski definition) is 0. The summed E-state index contributed by atoms with van der Waals surface area (Å²) in [7, 11) is 1.66. The molecule has 0 saturated heterocycles. The summed E-state index contributed by atoms with van der Waals surface area (Å²) in [6.45, 7) is 0.666. The number of aliphatic imine (C=N–C) groups is 1. The highest BCUT2D eigenvalue weighted by Crippen LogP contribution is 2.11. The molecule has 86 valence electrons. The quantitative estimate of drug-likeness (QED) is 0.751. The molecule has 1 aromatic carbocycles. The SMILES string of the molecule is COc1ccc(C/N=C\c2cccnc2)cc1. The second-order valence-electron chi connectivity index (χ2n) is 3.60. The van der Waals surface area contributed by atoms with E-state index in [1.54, 1.807) is 19.5 Å². The van der Waals surface area contributed by atoms with Crippen molar-refractivity contribution in [2.45, 2.75) is 6.54 Å². The molecule has 2 rings (SSSR count). The predicted molar refractivity (Wildman–Crippen MR) is 68.5 cm³/mol. The van der Waals surface area contributed by atoms with Crippen molar-refractivity contribution in [2.75, 3.05) is 7.11 Å². The zero-order valence-electron chi connectivity index (χ0n) is 9.71. The third kappa shape index (κ3) is 3.41. The van der Waals surface area contributed by atoms with Gasteiger partial charge in [-0.1, -0.05) is 18.2 Å². The normalized spacial score (nSPS) is 10.6. The molecule has 0 fully saturated rings. The van der Waals surface area contributed by atoms with E-state index in [0.29, 0.717) is 6.54 Å². The van der Waals surface area contributed by atoms with Crippen molar-refractivity contribution < 1.29 is 4.74 Å². The van der Waals surface area contributed by atoms with Crippen LogP contribution in [-0.4, -0.2) is 18.3 Å². The Morgan fingerprint density at radius 2 is 2.06 bits per heavy atom. The molecule has 0 atom stereocenters. The van der Waals surface area contributed by atoms with Crippen LogP contribution in [-0.2, 0) is 6.54 Å². The molecule has 0 spiro atoms. The van der Waals surface area contributed by atoms with Gasteiger partial charge in [-0.05, 0) is 23.8 Å². The molecule has 0 N–H and O–H groups in total. The average Bonchev–Trinajstić information content (AvgIpc) is 2.41. The molecule has 3 nitrogen and oxygen atoms in total. The molecule has 1 heterocycles. The Hall–Kier alpha value is -2.16. The van der Waals surface area contributed by atoms with Gasteiger partial charge in [0.2, 0.25) is 0 Å². The number of pyridine rings is 1. The Bertz CT molecular complexity index is 477. The monoisotopic (exact) mass is 226 g/mol. The number of methoxy groups -OCH3 is 1. The van der Waals surface area contributed by atoms with Crippen LogP contribution in [0.5, 0.6) is 5.75 Å². The first-order chi connectivity index (χ1) is 8.38. The van der Waals surface area contributed by atoms with Crippen molar-refractivity contribution in [3.05, 3.63) is 59.9 Å². The van der Waals surface area contributed by atoms with Gasteiger partial charge in [-0.3, -0.25) is 9.98 Å². The molecule has 0 radical (unpaired) electrons. The third-order valence-corrected chi connectivity index (χ3v) is 2.36. The van der Waals surface area contributed by atoms with E-state index < -0.39 is 0 Å². The van der Waals surface area contributed by atoms with Gasteiger partial charge in [-0.25, -0.2) is 0 Å². The third-order valence-electron chi connectivity index (χ3n) is 2.36. The molecule has 0 unspecified atom stereocenters. The summed E-state index contributed by atoms with van der Waals surface area (Å²) in [5.41, 5.74) is 2.17. The topological polar surface area (TPSA) is 34.5 Å². The van der Waals surface area contributed by atoms with Crippen LogP contribution < -0.4 is 4.74 Å². The highest BCUT2D eigenvalue weighted by Gasteiger charge is 1.92. The van der Waals surface area contributed by atoms with Crippen molar-refractivity contribution in [1.29, 1.82) is 0 Å². The maximum absolute atomic E-state index is 5.10. The lowest BCUT2D eigenvalue weighted by Gasteiger charge is -2.00. The van der Waals surface area contributed by atoms with E-state index in [4.69, 9.17) is 4.74 Å². The van der Waals surface area contributed by atoms with Crippen LogP contribution in [0.15, 0.2) is 53.8 Å². The highest BCUT2D eigenvalue weighted by molar-refractivity contribution is 5.78. The number of aromatic nitrogens is 1. The minimum absolute atomic E-state index is 0.666. The first-order valence-corrected chi connectivity index (χ1v) is 5.41. The van der Waals surface area contributed by atoms with Gasteiger partial charge in [-0.2, -0.15) is 0 Å². The molecule has 3 heteroatoms. The van der Waals surface area contributed by atoms with Crippen LogP contribution in [0.2, 0.25) is 0 Å². The summed E-state index contributed by atoms with van der Waals surface area (Å²) in [5.74, 6) is 0.866. The minimum Gasteiger partial charge on any atom is -0.497 e. The van der Waals surface area contributed by atoms with Crippen LogP contribution in [0.3, 0.4) is 0 Å². The Balaban J connectivity index is 1.95. The lowest BCUT2D eigenvalue weighted by molar-refractivity contribution is 0.414. The van der Waals surface area contributed by atoms with E-state index in [9.17, 15) is 0 Å². The number of rotatable bonds is 4. The molecule has 0 amide bonds. The summed E-state index contributed by atoms with van der Waals surface area (Å²) >= 11 is 0. The molecule has 0 aliphatic rings. The van der Waals surface area contributed by atoms with E-state index in [1.165, 1.54) is 0 Å². The Morgan fingerprint density at radius 3 is 2.71 bits per heavy atom. The molecular weight excluding hydrogens is 212 g/mol. The van der Waals surface area contributed by atoms with Gasteiger partial charge >= 0.3 is 0 Å². The van der Waals surface area contributed by atoms with E-state index >= 15 is 0 Å². The number of hydrogen-bond acceptors (Lipinski definition) is 3. The summed E-state index contributed by atoms with van der Waals surface area (Å²) in [6.07, 6.45) is 5.37. The lowest BCUT2D eigenvalue weighted by Crippen LogP contribution is -1.86. The molecular formula is C14H14N2O. The van der Waals surface area contributed by atoms with Crippen molar-refractivity contribution in [2.24, 2.45) is 4.99 Å². The molecule has 0 aliphatic carbocycles. The van der Waals surface area contributed by atoms with Gasteiger partial charge in [0.25, 0.3) is 0 Å². The van der Waals surface area contributed by atoms with Crippen LogP contribution in [0, 0.1) is 0 Å². The fourth-order valence-electron chi connectivity index (χ4n) is 1.44. The first-order valence-electron chi connectivity index (χ1n) is 5.41. The van der Waals surface area contributed by atoms with Crippen molar-refractivity contribution in [3.63, 3.8) is 0 Å². The van der Waals surface area contributed by atoms with E-state index in [2.05, 4.69) is 9.98 Å². The Kier molecular flexibility index (Phi) is 3.86. The summed E-state index contributed by atoms with van der Waals surface area (Å²) in [4.78, 5) is 8.39. The summed E-state index contributed by atoms with van der Waals surface area (Å²) in [5, 5.41) is 0. The molecule has 0 bridgehead atoms. The molecule has 0 aliphatic heterocycles. The average molecular weight is 226 g/mol. The number of nitrogens with zero attached hydrogens (tertiary/aromatic N) is 2. The van der Waals surface area contributed by atoms with Gasteiger partial charge < -0.3 is 4.74 Å². The lowest BCUT2D eigenvalue weighted by atomic mass is 10.2. The van der Waals surface area contributed by atoms with Crippen molar-refractivity contribution >= 4 is 6.21 Å². The van der Waals surface area contributed by atoms with Crippen LogP contribution in [0.4, 0.5) is 0 Å². The van der Waals surface area contributed by atoms with Crippen LogP contribution >= 0.6 is 0 Å². The molecule has 17 heavy (non-hydrogen) atoms. The largest absolute Gasteiger partial charge is 0.497 e. The predicted octanol–water partition coefficient (Wildman–Crippen LogP) is 2.71. The molecule has 0 saturated carbocycles. The summed E-state index contributed by atoms with van der Waals surface area (Å²) in [6, 6.07) is 11.8. The Labute approximate surface area is 101 Å². The standard InChI is InChI=1S/C14H14N2O/c1-17-14-6-4-12(5-7-14)9-16-11-13-3-2-8-15-10-13/h2-8,10-11H,9H2,1H3/b16-11-. The molecule has 2 aromatic rings.